The van der Waals surface area contributed by atoms with Gasteiger partial charge in [-0.15, -0.1) is 11.3 Å². The monoisotopic (exact) mass is 447 g/mol. The Labute approximate surface area is 193 Å². The van der Waals surface area contributed by atoms with Gasteiger partial charge in [0.15, 0.2) is 0 Å². The summed E-state index contributed by atoms with van der Waals surface area (Å²) in [6, 6.07) is 16.5. The first kappa shape index (κ1) is 22.2. The highest BCUT2D eigenvalue weighted by Crippen LogP contribution is 2.37. The minimum atomic E-state index is -0.569. The molecule has 0 radical (unpaired) electrons. The Balaban J connectivity index is 1.46. The van der Waals surface area contributed by atoms with Crippen molar-refractivity contribution in [3.8, 4) is 10.4 Å². The van der Waals surface area contributed by atoms with Crippen LogP contribution in [0, 0.1) is 5.41 Å². The predicted octanol–water partition coefficient (Wildman–Crippen LogP) is 4.29. The maximum atomic E-state index is 13.3. The Bertz CT molecular complexity index is 1050. The van der Waals surface area contributed by atoms with Crippen LogP contribution in [0.25, 0.3) is 10.4 Å². The minimum Gasteiger partial charge on any atom is -0.348 e. The smallest absolute Gasteiger partial charge is 0.230 e. The van der Waals surface area contributed by atoms with E-state index in [0.29, 0.717) is 38.8 Å². The van der Waals surface area contributed by atoms with Crippen LogP contribution in [0.2, 0.25) is 0 Å². The van der Waals surface area contributed by atoms with Crippen LogP contribution in [0.5, 0.6) is 0 Å². The Morgan fingerprint density at radius 3 is 2.47 bits per heavy atom. The maximum Gasteiger partial charge on any atom is 0.230 e. The SMILES string of the molecule is CN(C)C(=O)[C@]1(Cc2ccc(-c3cccs3)cc2)CCN(C(=O)CCc2ccncc2)C1. The number of aryl methyl sites for hydroxylation is 1. The van der Waals surface area contributed by atoms with Gasteiger partial charge in [0, 0.05) is 50.9 Å². The van der Waals surface area contributed by atoms with Crippen LogP contribution in [-0.4, -0.2) is 53.8 Å². The third-order valence-corrected chi connectivity index (χ3v) is 7.16. The number of benzene rings is 1. The van der Waals surface area contributed by atoms with Gasteiger partial charge in [-0.2, -0.15) is 0 Å². The van der Waals surface area contributed by atoms with E-state index in [1.165, 1.54) is 10.4 Å². The number of rotatable bonds is 7. The molecule has 5 nitrogen and oxygen atoms in total. The highest BCUT2D eigenvalue weighted by Gasteiger charge is 2.46. The summed E-state index contributed by atoms with van der Waals surface area (Å²) in [5.41, 5.74) is 2.86. The van der Waals surface area contributed by atoms with Gasteiger partial charge >= 0.3 is 0 Å². The van der Waals surface area contributed by atoms with E-state index >= 15 is 0 Å². The van der Waals surface area contributed by atoms with Gasteiger partial charge in [0.2, 0.25) is 11.8 Å². The molecule has 1 aliphatic heterocycles. The summed E-state index contributed by atoms with van der Waals surface area (Å²) < 4.78 is 0. The second-order valence-electron chi connectivity index (χ2n) is 8.75. The number of hydrogen-bond acceptors (Lipinski definition) is 4. The van der Waals surface area contributed by atoms with Crippen molar-refractivity contribution < 1.29 is 9.59 Å². The van der Waals surface area contributed by atoms with E-state index in [1.807, 2.05) is 17.0 Å². The van der Waals surface area contributed by atoms with E-state index < -0.39 is 5.41 Å². The van der Waals surface area contributed by atoms with Crippen LogP contribution >= 0.6 is 11.3 Å². The van der Waals surface area contributed by atoms with Crippen LogP contribution in [0.3, 0.4) is 0 Å². The molecule has 1 aliphatic rings. The summed E-state index contributed by atoms with van der Waals surface area (Å²) in [5.74, 6) is 0.215. The van der Waals surface area contributed by atoms with Crippen molar-refractivity contribution in [2.75, 3.05) is 27.2 Å². The fourth-order valence-electron chi connectivity index (χ4n) is 4.53. The summed E-state index contributed by atoms with van der Waals surface area (Å²) in [4.78, 5) is 35.0. The Hall–Kier alpha value is -2.99. The molecule has 3 aromatic rings. The molecule has 0 spiro atoms. The zero-order valence-corrected chi connectivity index (χ0v) is 19.5. The van der Waals surface area contributed by atoms with Gasteiger partial charge in [0.1, 0.15) is 0 Å². The van der Waals surface area contributed by atoms with E-state index in [0.717, 1.165) is 11.1 Å². The molecule has 6 heteroatoms. The maximum absolute atomic E-state index is 13.3. The molecule has 166 valence electrons. The van der Waals surface area contributed by atoms with Gasteiger partial charge in [0.25, 0.3) is 0 Å². The fourth-order valence-corrected chi connectivity index (χ4v) is 5.27. The summed E-state index contributed by atoms with van der Waals surface area (Å²) in [5, 5.41) is 2.08. The lowest BCUT2D eigenvalue weighted by atomic mass is 9.79. The van der Waals surface area contributed by atoms with Crippen LogP contribution in [0.4, 0.5) is 0 Å². The number of nitrogens with zero attached hydrogens (tertiary/aromatic N) is 3. The average Bonchev–Trinajstić information content (AvgIpc) is 3.49. The second kappa shape index (κ2) is 9.65. The first-order valence-corrected chi connectivity index (χ1v) is 11.9. The van der Waals surface area contributed by atoms with Gasteiger partial charge in [0.05, 0.1) is 5.41 Å². The molecule has 1 aromatic carbocycles. The normalized spacial score (nSPS) is 18.0. The van der Waals surface area contributed by atoms with Crippen LogP contribution in [0.15, 0.2) is 66.3 Å². The van der Waals surface area contributed by atoms with Gasteiger partial charge in [-0.1, -0.05) is 30.3 Å². The summed E-state index contributed by atoms with van der Waals surface area (Å²) in [6.07, 6.45) is 5.98. The van der Waals surface area contributed by atoms with Crippen LogP contribution in [-0.2, 0) is 22.4 Å². The molecule has 2 amide bonds. The van der Waals surface area contributed by atoms with Gasteiger partial charge < -0.3 is 9.80 Å². The molecular formula is C26H29N3O2S. The zero-order valence-electron chi connectivity index (χ0n) is 18.7. The molecule has 1 fully saturated rings. The third kappa shape index (κ3) is 4.91. The number of thiophene rings is 1. The molecule has 1 atom stereocenters. The Morgan fingerprint density at radius 1 is 1.06 bits per heavy atom. The molecule has 32 heavy (non-hydrogen) atoms. The van der Waals surface area contributed by atoms with Crippen molar-refractivity contribution in [1.29, 1.82) is 0 Å². The van der Waals surface area contributed by atoms with E-state index in [-0.39, 0.29) is 11.8 Å². The summed E-state index contributed by atoms with van der Waals surface area (Å²) >= 11 is 1.72. The Morgan fingerprint density at radius 2 is 1.81 bits per heavy atom. The van der Waals surface area contributed by atoms with Crippen LogP contribution < -0.4 is 0 Å². The first-order chi connectivity index (χ1) is 15.5. The molecule has 0 N–H and O–H groups in total. The van der Waals surface area contributed by atoms with Crippen molar-refractivity contribution in [3.05, 3.63) is 77.4 Å². The van der Waals surface area contributed by atoms with Crippen molar-refractivity contribution in [1.82, 2.24) is 14.8 Å². The predicted molar refractivity (Wildman–Crippen MR) is 128 cm³/mol. The largest absolute Gasteiger partial charge is 0.348 e. The summed E-state index contributed by atoms with van der Waals surface area (Å²) in [6.45, 7) is 1.11. The lowest BCUT2D eigenvalue weighted by Crippen LogP contribution is -2.44. The number of carbonyl (C=O) groups is 2. The quantitative estimate of drug-likeness (QED) is 0.543. The summed E-state index contributed by atoms with van der Waals surface area (Å²) in [7, 11) is 3.61. The van der Waals surface area contributed by atoms with E-state index in [9.17, 15) is 9.59 Å². The number of hydrogen-bond donors (Lipinski definition) is 0. The standard InChI is InChI=1S/C26H29N3O2S/c1-28(2)25(31)26(18-21-5-8-22(9-6-21)23-4-3-17-32-23)13-16-29(19-26)24(30)10-7-20-11-14-27-15-12-20/h3-6,8-9,11-12,14-15,17H,7,10,13,16,18-19H2,1-2H3/t26-/m0/s1. The molecule has 0 saturated carbocycles. The molecule has 0 bridgehead atoms. The third-order valence-electron chi connectivity index (χ3n) is 6.25. The van der Waals surface area contributed by atoms with E-state index in [2.05, 4.69) is 46.8 Å². The number of pyridine rings is 1. The molecule has 3 heterocycles. The van der Waals surface area contributed by atoms with Crippen molar-refractivity contribution in [2.45, 2.75) is 25.7 Å². The van der Waals surface area contributed by atoms with Crippen LogP contribution in [0.1, 0.15) is 24.0 Å². The molecule has 4 rings (SSSR count). The zero-order chi connectivity index (χ0) is 22.6. The number of likely N-dealkylation sites (tertiary alicyclic amines) is 1. The van der Waals surface area contributed by atoms with Gasteiger partial charge in [-0.25, -0.2) is 0 Å². The molecule has 0 aliphatic carbocycles. The minimum absolute atomic E-state index is 0.101. The van der Waals surface area contributed by atoms with E-state index in [4.69, 9.17) is 0 Å². The van der Waals surface area contributed by atoms with Crippen molar-refractivity contribution >= 4 is 23.2 Å². The average molecular weight is 448 g/mol. The Kier molecular flexibility index (Phi) is 6.70. The number of amides is 2. The number of carbonyl (C=O) groups excluding carboxylic acids is 2. The van der Waals surface area contributed by atoms with E-state index in [1.54, 1.807) is 42.7 Å². The topological polar surface area (TPSA) is 53.5 Å². The van der Waals surface area contributed by atoms with Crippen molar-refractivity contribution in [2.24, 2.45) is 5.41 Å². The highest BCUT2D eigenvalue weighted by molar-refractivity contribution is 7.13. The second-order valence-corrected chi connectivity index (χ2v) is 9.70. The van der Waals surface area contributed by atoms with Gasteiger partial charge in [-0.05, 0) is 59.5 Å². The molecular weight excluding hydrogens is 418 g/mol. The van der Waals surface area contributed by atoms with Crippen molar-refractivity contribution in [3.63, 3.8) is 0 Å². The fraction of sp³-hybridized carbons (Fsp3) is 0.346. The molecule has 2 aromatic heterocycles. The number of aromatic nitrogens is 1. The lowest BCUT2D eigenvalue weighted by Gasteiger charge is -2.31. The first-order valence-electron chi connectivity index (χ1n) is 11.0. The molecule has 0 unspecified atom stereocenters. The molecule has 1 saturated heterocycles. The van der Waals surface area contributed by atoms with Gasteiger partial charge in [-0.3, -0.25) is 14.6 Å². The lowest BCUT2D eigenvalue weighted by molar-refractivity contribution is -0.139. The highest BCUT2D eigenvalue weighted by atomic mass is 32.1.